The standard InChI is InChI=1S/C13H10Cl2N4OS/c14-9-3-4-11(10(15)8-9)20-6-5-19-17-13(16-18-19)12-2-1-7-21-12/h1-4,7-8H,5-6H2. The Morgan fingerprint density at radius 3 is 2.90 bits per heavy atom. The van der Waals surface area contributed by atoms with Gasteiger partial charge in [0.05, 0.1) is 16.4 Å². The number of rotatable bonds is 5. The number of ether oxygens (including phenoxy) is 1. The third-order valence-electron chi connectivity index (χ3n) is 2.64. The summed E-state index contributed by atoms with van der Waals surface area (Å²) in [5, 5.41) is 15.3. The molecule has 2 heterocycles. The minimum Gasteiger partial charge on any atom is -0.490 e. The van der Waals surface area contributed by atoms with Crippen molar-refractivity contribution in [2.75, 3.05) is 6.61 Å². The molecule has 2 aromatic heterocycles. The fourth-order valence-corrected chi connectivity index (χ4v) is 2.78. The summed E-state index contributed by atoms with van der Waals surface area (Å²) < 4.78 is 5.58. The molecule has 0 aliphatic carbocycles. The van der Waals surface area contributed by atoms with Crippen molar-refractivity contribution < 1.29 is 4.74 Å². The van der Waals surface area contributed by atoms with Crippen LogP contribution < -0.4 is 4.74 Å². The average Bonchev–Trinajstić information content (AvgIpc) is 3.11. The lowest BCUT2D eigenvalue weighted by atomic mass is 10.3. The second kappa shape index (κ2) is 6.43. The van der Waals surface area contributed by atoms with Crippen molar-refractivity contribution in [2.45, 2.75) is 6.54 Å². The van der Waals surface area contributed by atoms with Crippen LogP contribution in [0.1, 0.15) is 0 Å². The summed E-state index contributed by atoms with van der Waals surface area (Å²) in [5.74, 6) is 1.20. The molecule has 0 aliphatic rings. The lowest BCUT2D eigenvalue weighted by Gasteiger charge is -2.07. The number of hydrogen-bond donors (Lipinski definition) is 0. The molecule has 0 N–H and O–H groups in total. The molecule has 0 unspecified atom stereocenters. The van der Waals surface area contributed by atoms with E-state index in [0.717, 1.165) is 4.88 Å². The van der Waals surface area contributed by atoms with Gasteiger partial charge in [-0.25, -0.2) is 0 Å². The maximum Gasteiger partial charge on any atom is 0.214 e. The first-order chi connectivity index (χ1) is 10.2. The summed E-state index contributed by atoms with van der Waals surface area (Å²) >= 11 is 13.4. The van der Waals surface area contributed by atoms with Crippen LogP contribution in [-0.2, 0) is 6.54 Å². The molecular formula is C13H10Cl2N4OS. The fraction of sp³-hybridized carbons (Fsp3) is 0.154. The van der Waals surface area contributed by atoms with Crippen LogP contribution in [0.15, 0.2) is 35.7 Å². The van der Waals surface area contributed by atoms with Crippen LogP contribution in [0, 0.1) is 0 Å². The Kier molecular flexibility index (Phi) is 4.38. The topological polar surface area (TPSA) is 52.8 Å². The van der Waals surface area contributed by atoms with Crippen molar-refractivity contribution in [1.82, 2.24) is 20.2 Å². The van der Waals surface area contributed by atoms with E-state index in [0.29, 0.717) is 34.8 Å². The Morgan fingerprint density at radius 2 is 2.14 bits per heavy atom. The van der Waals surface area contributed by atoms with E-state index < -0.39 is 0 Å². The third-order valence-corrected chi connectivity index (χ3v) is 4.03. The molecule has 0 atom stereocenters. The van der Waals surface area contributed by atoms with E-state index in [1.54, 1.807) is 29.5 Å². The van der Waals surface area contributed by atoms with Crippen LogP contribution in [0.3, 0.4) is 0 Å². The van der Waals surface area contributed by atoms with E-state index in [-0.39, 0.29) is 0 Å². The SMILES string of the molecule is Clc1ccc(OCCn2nnc(-c3cccs3)n2)c(Cl)c1. The number of nitrogens with zero attached hydrogens (tertiary/aromatic N) is 4. The van der Waals surface area contributed by atoms with Crippen molar-refractivity contribution in [1.29, 1.82) is 0 Å². The van der Waals surface area contributed by atoms with Gasteiger partial charge in [0.25, 0.3) is 0 Å². The highest BCUT2D eigenvalue weighted by Gasteiger charge is 2.07. The first-order valence-electron chi connectivity index (χ1n) is 6.12. The summed E-state index contributed by atoms with van der Waals surface area (Å²) in [6, 6.07) is 9.01. The van der Waals surface area contributed by atoms with E-state index in [4.69, 9.17) is 27.9 Å². The molecule has 0 bridgehead atoms. The molecule has 21 heavy (non-hydrogen) atoms. The Balaban J connectivity index is 1.58. The molecule has 3 rings (SSSR count). The first-order valence-corrected chi connectivity index (χ1v) is 7.75. The average molecular weight is 341 g/mol. The molecule has 1 aromatic carbocycles. The van der Waals surface area contributed by atoms with Gasteiger partial charge in [0.1, 0.15) is 12.4 Å². The van der Waals surface area contributed by atoms with Gasteiger partial charge in [-0.2, -0.15) is 4.80 Å². The zero-order chi connectivity index (χ0) is 14.7. The van der Waals surface area contributed by atoms with Gasteiger partial charge in [0.15, 0.2) is 0 Å². The quantitative estimate of drug-likeness (QED) is 0.709. The summed E-state index contributed by atoms with van der Waals surface area (Å²) in [4.78, 5) is 2.49. The molecule has 0 fully saturated rings. The maximum absolute atomic E-state index is 6.02. The number of halogens is 2. The van der Waals surface area contributed by atoms with Crippen molar-refractivity contribution in [2.24, 2.45) is 0 Å². The summed E-state index contributed by atoms with van der Waals surface area (Å²) in [6.45, 7) is 0.874. The molecule has 3 aromatic rings. The highest BCUT2D eigenvalue weighted by Crippen LogP contribution is 2.27. The van der Waals surface area contributed by atoms with Gasteiger partial charge in [-0.15, -0.1) is 21.5 Å². The Hall–Kier alpha value is -1.63. The first kappa shape index (κ1) is 14.3. The molecule has 0 aliphatic heterocycles. The van der Waals surface area contributed by atoms with Gasteiger partial charge in [-0.3, -0.25) is 0 Å². The Morgan fingerprint density at radius 1 is 1.24 bits per heavy atom. The molecule has 0 amide bonds. The van der Waals surface area contributed by atoms with Gasteiger partial charge in [0, 0.05) is 5.02 Å². The molecule has 8 heteroatoms. The summed E-state index contributed by atoms with van der Waals surface area (Å²) in [6.07, 6.45) is 0. The van der Waals surface area contributed by atoms with Crippen molar-refractivity contribution in [3.05, 3.63) is 45.8 Å². The van der Waals surface area contributed by atoms with Crippen molar-refractivity contribution in [3.63, 3.8) is 0 Å². The normalized spacial score (nSPS) is 10.8. The lowest BCUT2D eigenvalue weighted by molar-refractivity contribution is 0.280. The third kappa shape index (κ3) is 3.53. The second-order valence-corrected chi connectivity index (χ2v) is 5.90. The Labute approximate surface area is 135 Å². The van der Waals surface area contributed by atoms with Crippen LogP contribution in [0.4, 0.5) is 0 Å². The van der Waals surface area contributed by atoms with Crippen LogP contribution in [0.25, 0.3) is 10.7 Å². The highest BCUT2D eigenvalue weighted by atomic mass is 35.5. The maximum atomic E-state index is 6.02. The van der Waals surface area contributed by atoms with Crippen molar-refractivity contribution in [3.8, 4) is 16.5 Å². The minimum atomic E-state index is 0.390. The minimum absolute atomic E-state index is 0.390. The fourth-order valence-electron chi connectivity index (χ4n) is 1.67. The van der Waals surface area contributed by atoms with Crippen LogP contribution >= 0.6 is 34.5 Å². The number of tetrazole rings is 1. The number of thiophene rings is 1. The van der Waals surface area contributed by atoms with E-state index in [2.05, 4.69) is 15.4 Å². The summed E-state index contributed by atoms with van der Waals surface area (Å²) in [7, 11) is 0. The van der Waals surface area contributed by atoms with E-state index in [9.17, 15) is 0 Å². The molecule has 5 nitrogen and oxygen atoms in total. The van der Waals surface area contributed by atoms with Gasteiger partial charge in [-0.1, -0.05) is 29.3 Å². The molecule has 0 spiro atoms. The van der Waals surface area contributed by atoms with Crippen LogP contribution in [0.2, 0.25) is 10.0 Å². The zero-order valence-electron chi connectivity index (χ0n) is 10.7. The predicted molar refractivity (Wildman–Crippen MR) is 83.1 cm³/mol. The molecular weight excluding hydrogens is 331 g/mol. The van der Waals surface area contributed by atoms with E-state index >= 15 is 0 Å². The van der Waals surface area contributed by atoms with Crippen molar-refractivity contribution >= 4 is 34.5 Å². The van der Waals surface area contributed by atoms with E-state index in [1.165, 1.54) is 4.80 Å². The van der Waals surface area contributed by atoms with Gasteiger partial charge in [0.2, 0.25) is 5.82 Å². The zero-order valence-corrected chi connectivity index (χ0v) is 13.1. The molecule has 108 valence electrons. The highest BCUT2D eigenvalue weighted by molar-refractivity contribution is 7.13. The predicted octanol–water partition coefficient (Wildman–Crippen LogP) is 3.79. The lowest BCUT2D eigenvalue weighted by Crippen LogP contribution is -2.11. The molecule has 0 radical (unpaired) electrons. The van der Waals surface area contributed by atoms with Gasteiger partial charge < -0.3 is 4.74 Å². The smallest absolute Gasteiger partial charge is 0.214 e. The molecule has 0 saturated heterocycles. The number of aromatic nitrogens is 4. The summed E-state index contributed by atoms with van der Waals surface area (Å²) in [5.41, 5.74) is 0. The monoisotopic (exact) mass is 340 g/mol. The van der Waals surface area contributed by atoms with Crippen LogP contribution in [-0.4, -0.2) is 26.8 Å². The second-order valence-electron chi connectivity index (χ2n) is 4.11. The van der Waals surface area contributed by atoms with Gasteiger partial charge in [-0.05, 0) is 34.9 Å². The Bertz CT molecular complexity index is 730. The van der Waals surface area contributed by atoms with E-state index in [1.807, 2.05) is 17.5 Å². The van der Waals surface area contributed by atoms with Gasteiger partial charge >= 0.3 is 0 Å². The number of benzene rings is 1. The largest absolute Gasteiger partial charge is 0.490 e. The van der Waals surface area contributed by atoms with Crippen LogP contribution in [0.5, 0.6) is 5.75 Å². The molecule has 0 saturated carbocycles. The number of hydrogen-bond acceptors (Lipinski definition) is 5.